The zero-order chi connectivity index (χ0) is 17.3. The van der Waals surface area contributed by atoms with Gasteiger partial charge < -0.3 is 4.90 Å². The molecule has 128 valence electrons. The molecule has 0 aromatic heterocycles. The number of hydrogen-bond donors (Lipinski definition) is 2. The molecule has 1 aliphatic rings. The number of nitrogens with one attached hydrogen (secondary N) is 1. The Morgan fingerprint density at radius 3 is 2.00 bits per heavy atom. The molecule has 1 saturated heterocycles. The summed E-state index contributed by atoms with van der Waals surface area (Å²) in [4.78, 5) is 12.7. The number of rotatable bonds is 4. The third kappa shape index (κ3) is 4.50. The Hall–Kier alpha value is -1.49. The monoisotopic (exact) mass is 361 g/mol. The van der Waals surface area contributed by atoms with Crippen molar-refractivity contribution in [1.82, 2.24) is 9.62 Å². The van der Waals surface area contributed by atoms with Crippen molar-refractivity contribution in [3.63, 3.8) is 0 Å². The van der Waals surface area contributed by atoms with Crippen molar-refractivity contribution in [3.05, 3.63) is 24.3 Å². The van der Waals surface area contributed by atoms with Gasteiger partial charge in [0.15, 0.2) is 0 Å². The van der Waals surface area contributed by atoms with E-state index < -0.39 is 20.0 Å². The molecule has 1 aromatic rings. The summed E-state index contributed by atoms with van der Waals surface area (Å²) < 4.78 is 49.5. The van der Waals surface area contributed by atoms with E-state index in [0.717, 1.165) is 12.1 Å². The van der Waals surface area contributed by atoms with Crippen molar-refractivity contribution < 1.29 is 21.6 Å². The number of nitrogens with two attached hydrogens (primary N) is 1. The number of hydrogen-bond acceptors (Lipinski definition) is 5. The van der Waals surface area contributed by atoms with Gasteiger partial charge in [-0.3, -0.25) is 4.79 Å². The molecular weight excluding hydrogens is 342 g/mol. The van der Waals surface area contributed by atoms with Crippen LogP contribution in [0.4, 0.5) is 0 Å². The Kier molecular flexibility index (Phi) is 5.09. The van der Waals surface area contributed by atoms with Crippen LogP contribution in [0, 0.1) is 0 Å². The molecule has 0 spiro atoms. The molecule has 0 atom stereocenters. The molecule has 0 saturated carbocycles. The molecule has 1 heterocycles. The predicted molar refractivity (Wildman–Crippen MR) is 83.4 cm³/mol. The molecule has 3 N–H and O–H groups in total. The maximum absolute atomic E-state index is 12.3. The lowest BCUT2D eigenvalue weighted by molar-refractivity contribution is -0.129. The van der Waals surface area contributed by atoms with Crippen LogP contribution in [0.1, 0.15) is 19.8 Å². The number of likely N-dealkylation sites (tertiary alicyclic amines) is 1. The van der Waals surface area contributed by atoms with Crippen molar-refractivity contribution in [2.75, 3.05) is 13.1 Å². The Morgan fingerprint density at radius 1 is 1.09 bits per heavy atom. The SMILES string of the molecule is CC(=O)N1CCC(NS(=O)(=O)c2ccc(S(N)(=O)=O)cc2)CC1. The molecule has 1 amide bonds. The fraction of sp³-hybridized carbons (Fsp3) is 0.462. The smallest absolute Gasteiger partial charge is 0.240 e. The lowest BCUT2D eigenvalue weighted by Gasteiger charge is -2.31. The van der Waals surface area contributed by atoms with Crippen LogP contribution in [0.3, 0.4) is 0 Å². The summed E-state index contributed by atoms with van der Waals surface area (Å²) in [7, 11) is -7.61. The number of amides is 1. The van der Waals surface area contributed by atoms with Gasteiger partial charge in [0.2, 0.25) is 26.0 Å². The van der Waals surface area contributed by atoms with E-state index in [9.17, 15) is 21.6 Å². The van der Waals surface area contributed by atoms with Crippen LogP contribution < -0.4 is 9.86 Å². The van der Waals surface area contributed by atoms with Gasteiger partial charge in [0.1, 0.15) is 0 Å². The van der Waals surface area contributed by atoms with E-state index in [1.54, 1.807) is 4.90 Å². The molecule has 1 fully saturated rings. The molecule has 0 radical (unpaired) electrons. The van der Waals surface area contributed by atoms with Gasteiger partial charge in [-0.2, -0.15) is 0 Å². The van der Waals surface area contributed by atoms with E-state index in [-0.39, 0.29) is 21.7 Å². The van der Waals surface area contributed by atoms with Gasteiger partial charge in [-0.25, -0.2) is 26.7 Å². The lowest BCUT2D eigenvalue weighted by Crippen LogP contribution is -2.45. The maximum atomic E-state index is 12.3. The van der Waals surface area contributed by atoms with Crippen molar-refractivity contribution in [1.29, 1.82) is 0 Å². The predicted octanol–water partition coefficient (Wildman–Crippen LogP) is -0.377. The van der Waals surface area contributed by atoms with Crippen LogP contribution in [0.25, 0.3) is 0 Å². The normalized spacial score (nSPS) is 17.2. The number of sulfonamides is 2. The summed E-state index contributed by atoms with van der Waals surface area (Å²) in [6.07, 6.45) is 1.07. The van der Waals surface area contributed by atoms with Crippen molar-refractivity contribution in [2.45, 2.75) is 35.6 Å². The van der Waals surface area contributed by atoms with Gasteiger partial charge in [0.25, 0.3) is 0 Å². The minimum absolute atomic E-state index is 0.0233. The fourth-order valence-electron chi connectivity index (χ4n) is 2.41. The zero-order valence-electron chi connectivity index (χ0n) is 12.6. The van der Waals surface area contributed by atoms with Gasteiger partial charge in [0, 0.05) is 26.1 Å². The summed E-state index contributed by atoms with van der Waals surface area (Å²) in [5.41, 5.74) is 0. The van der Waals surface area contributed by atoms with Crippen LogP contribution >= 0.6 is 0 Å². The minimum atomic E-state index is -3.86. The summed E-state index contributed by atoms with van der Waals surface area (Å²) in [6.45, 7) is 2.50. The van der Waals surface area contributed by atoms with Crippen LogP contribution in [-0.4, -0.2) is 46.8 Å². The topological polar surface area (TPSA) is 127 Å². The average molecular weight is 361 g/mol. The highest BCUT2D eigenvalue weighted by Gasteiger charge is 2.25. The second-order valence-corrected chi connectivity index (χ2v) is 8.69. The van der Waals surface area contributed by atoms with Crippen LogP contribution in [0.15, 0.2) is 34.1 Å². The number of carbonyl (C=O) groups is 1. The minimum Gasteiger partial charge on any atom is -0.343 e. The van der Waals surface area contributed by atoms with E-state index in [2.05, 4.69) is 4.72 Å². The van der Waals surface area contributed by atoms with Crippen molar-refractivity contribution >= 4 is 26.0 Å². The Bertz CT molecular complexity index is 779. The molecule has 0 bridgehead atoms. The summed E-state index contributed by atoms with van der Waals surface area (Å²) in [5, 5.41) is 4.98. The third-order valence-electron chi connectivity index (χ3n) is 3.72. The van der Waals surface area contributed by atoms with E-state index in [0.29, 0.717) is 25.9 Å². The quantitative estimate of drug-likeness (QED) is 0.756. The Morgan fingerprint density at radius 2 is 1.57 bits per heavy atom. The van der Waals surface area contributed by atoms with Crippen LogP contribution in [0.2, 0.25) is 0 Å². The van der Waals surface area contributed by atoms with Crippen LogP contribution in [0.5, 0.6) is 0 Å². The first-order valence-electron chi connectivity index (χ1n) is 7.00. The summed E-state index contributed by atoms with van der Waals surface area (Å²) in [5.74, 6) is -0.0233. The fourth-order valence-corrected chi connectivity index (χ4v) is 4.23. The number of piperidine rings is 1. The molecule has 8 nitrogen and oxygen atoms in total. The van der Waals surface area contributed by atoms with E-state index in [1.165, 1.54) is 19.1 Å². The molecule has 1 aromatic carbocycles. The summed E-state index contributed by atoms with van der Waals surface area (Å²) >= 11 is 0. The molecule has 0 unspecified atom stereocenters. The summed E-state index contributed by atoms with van der Waals surface area (Å²) in [6, 6.07) is 4.46. The maximum Gasteiger partial charge on any atom is 0.240 e. The molecule has 23 heavy (non-hydrogen) atoms. The van der Waals surface area contributed by atoms with Crippen molar-refractivity contribution in [3.8, 4) is 0 Å². The molecular formula is C13H19N3O5S2. The van der Waals surface area contributed by atoms with Gasteiger partial charge in [0.05, 0.1) is 9.79 Å². The standard InChI is InChI=1S/C13H19N3O5S2/c1-10(17)16-8-6-11(7-9-16)15-23(20,21)13-4-2-12(3-5-13)22(14,18)19/h2-5,11,15H,6-9H2,1H3,(H2,14,18,19). The van der Waals surface area contributed by atoms with Gasteiger partial charge in [-0.15, -0.1) is 0 Å². The second kappa shape index (κ2) is 6.56. The van der Waals surface area contributed by atoms with Gasteiger partial charge >= 0.3 is 0 Å². The Balaban J connectivity index is 2.06. The Labute approximate surface area is 135 Å². The highest BCUT2D eigenvalue weighted by Crippen LogP contribution is 2.17. The van der Waals surface area contributed by atoms with Gasteiger partial charge in [-0.1, -0.05) is 0 Å². The molecule has 0 aliphatic carbocycles. The van der Waals surface area contributed by atoms with Gasteiger partial charge in [-0.05, 0) is 37.1 Å². The highest BCUT2D eigenvalue weighted by molar-refractivity contribution is 7.89. The first-order valence-corrected chi connectivity index (χ1v) is 10.0. The van der Waals surface area contributed by atoms with E-state index >= 15 is 0 Å². The number of primary sulfonamides is 1. The molecule has 2 rings (SSSR count). The molecule has 10 heteroatoms. The largest absolute Gasteiger partial charge is 0.343 e. The van der Waals surface area contributed by atoms with Crippen molar-refractivity contribution in [2.24, 2.45) is 5.14 Å². The number of carbonyl (C=O) groups excluding carboxylic acids is 1. The first kappa shape index (κ1) is 17.9. The van der Waals surface area contributed by atoms with E-state index in [4.69, 9.17) is 5.14 Å². The average Bonchev–Trinajstić information content (AvgIpc) is 2.46. The lowest BCUT2D eigenvalue weighted by atomic mass is 10.1. The van der Waals surface area contributed by atoms with Crippen LogP contribution in [-0.2, 0) is 24.8 Å². The van der Waals surface area contributed by atoms with E-state index in [1.807, 2.05) is 0 Å². The molecule has 1 aliphatic heterocycles. The zero-order valence-corrected chi connectivity index (χ0v) is 14.2. The third-order valence-corrected chi connectivity index (χ3v) is 6.19. The first-order chi connectivity index (χ1) is 10.6. The number of benzene rings is 1. The second-order valence-electron chi connectivity index (χ2n) is 5.42. The highest BCUT2D eigenvalue weighted by atomic mass is 32.2. The number of nitrogens with zero attached hydrogens (tertiary/aromatic N) is 1.